The molecule has 0 saturated carbocycles. The molecule has 25 heavy (non-hydrogen) atoms. The Balaban J connectivity index is 0.00000312. The van der Waals surface area contributed by atoms with Crippen molar-refractivity contribution in [1.82, 2.24) is 15.6 Å². The molecule has 0 saturated heterocycles. The van der Waals surface area contributed by atoms with Crippen LogP contribution in [0.1, 0.15) is 29.8 Å². The van der Waals surface area contributed by atoms with E-state index in [0.29, 0.717) is 43.5 Å². The summed E-state index contributed by atoms with van der Waals surface area (Å²) in [6.07, 6.45) is 0.424. The molecule has 5 nitrogen and oxygen atoms in total. The van der Waals surface area contributed by atoms with Crippen molar-refractivity contribution in [2.75, 3.05) is 13.1 Å². The highest BCUT2D eigenvalue weighted by Gasteiger charge is 2.06. The normalized spacial score (nSPS) is 11.2. The Hall–Kier alpha value is -1.71. The summed E-state index contributed by atoms with van der Waals surface area (Å²) in [4.78, 5) is 8.67. The standard InChI is InChI=1S/C17H22F2N4O.HI/c1-4-20-17(22-10-16-23-11(2)12(3)24-16)21-8-7-13-5-6-14(18)9-15(13)19;/h5-6,9H,4,7-8,10H2,1-3H3,(H2,20,21,22);1H. The highest BCUT2D eigenvalue weighted by molar-refractivity contribution is 14.0. The van der Waals surface area contributed by atoms with Gasteiger partial charge in [-0.15, -0.1) is 24.0 Å². The van der Waals surface area contributed by atoms with E-state index in [1.807, 2.05) is 20.8 Å². The lowest BCUT2D eigenvalue weighted by Gasteiger charge is -2.11. The Morgan fingerprint density at radius 1 is 1.24 bits per heavy atom. The predicted molar refractivity (Wildman–Crippen MR) is 104 cm³/mol. The number of nitrogens with zero attached hydrogens (tertiary/aromatic N) is 2. The maximum Gasteiger partial charge on any atom is 0.216 e. The fourth-order valence-corrected chi connectivity index (χ4v) is 2.14. The molecule has 0 atom stereocenters. The number of rotatable bonds is 6. The fourth-order valence-electron chi connectivity index (χ4n) is 2.14. The number of nitrogens with one attached hydrogen (secondary N) is 2. The van der Waals surface area contributed by atoms with Crippen molar-refractivity contribution >= 4 is 29.9 Å². The van der Waals surface area contributed by atoms with Crippen LogP contribution in [0.5, 0.6) is 0 Å². The van der Waals surface area contributed by atoms with Crippen LogP contribution in [0.4, 0.5) is 8.78 Å². The zero-order valence-electron chi connectivity index (χ0n) is 14.5. The van der Waals surface area contributed by atoms with Crippen molar-refractivity contribution < 1.29 is 13.2 Å². The smallest absolute Gasteiger partial charge is 0.216 e. The van der Waals surface area contributed by atoms with Gasteiger partial charge in [-0.2, -0.15) is 0 Å². The van der Waals surface area contributed by atoms with Crippen molar-refractivity contribution in [2.45, 2.75) is 33.7 Å². The van der Waals surface area contributed by atoms with Crippen LogP contribution in [0.3, 0.4) is 0 Å². The molecule has 0 unspecified atom stereocenters. The molecule has 0 radical (unpaired) electrons. The van der Waals surface area contributed by atoms with Crippen LogP contribution in [-0.4, -0.2) is 24.0 Å². The van der Waals surface area contributed by atoms with Crippen molar-refractivity contribution in [2.24, 2.45) is 4.99 Å². The van der Waals surface area contributed by atoms with Crippen LogP contribution in [0.2, 0.25) is 0 Å². The van der Waals surface area contributed by atoms with E-state index >= 15 is 0 Å². The van der Waals surface area contributed by atoms with Crippen LogP contribution in [0, 0.1) is 25.5 Å². The Labute approximate surface area is 163 Å². The fraction of sp³-hybridized carbons (Fsp3) is 0.412. The third kappa shape index (κ3) is 6.60. The molecule has 0 aliphatic carbocycles. The Kier molecular flexibility index (Phi) is 8.81. The molecule has 0 aliphatic heterocycles. The maximum absolute atomic E-state index is 13.6. The van der Waals surface area contributed by atoms with E-state index in [4.69, 9.17) is 4.42 Å². The second kappa shape index (κ2) is 10.3. The summed E-state index contributed by atoms with van der Waals surface area (Å²) in [7, 11) is 0. The molecule has 138 valence electrons. The summed E-state index contributed by atoms with van der Waals surface area (Å²) >= 11 is 0. The second-order valence-corrected chi connectivity index (χ2v) is 5.36. The number of benzene rings is 1. The van der Waals surface area contributed by atoms with Gasteiger partial charge in [0.15, 0.2) is 5.96 Å². The zero-order valence-corrected chi connectivity index (χ0v) is 16.9. The Bertz CT molecular complexity index is 699. The number of aromatic nitrogens is 1. The van der Waals surface area contributed by atoms with Crippen LogP contribution in [-0.2, 0) is 13.0 Å². The summed E-state index contributed by atoms with van der Waals surface area (Å²) in [6, 6.07) is 3.60. The average Bonchev–Trinajstić information content (AvgIpc) is 2.85. The van der Waals surface area contributed by atoms with E-state index in [0.717, 1.165) is 17.5 Å². The molecule has 2 rings (SSSR count). The van der Waals surface area contributed by atoms with Crippen molar-refractivity contribution in [3.63, 3.8) is 0 Å². The molecule has 2 aromatic rings. The van der Waals surface area contributed by atoms with E-state index in [-0.39, 0.29) is 24.0 Å². The van der Waals surface area contributed by atoms with Crippen LogP contribution in [0.15, 0.2) is 27.6 Å². The summed E-state index contributed by atoms with van der Waals surface area (Å²) in [5, 5.41) is 6.21. The number of hydrogen-bond donors (Lipinski definition) is 2. The lowest BCUT2D eigenvalue weighted by atomic mass is 10.1. The van der Waals surface area contributed by atoms with Gasteiger partial charge in [0.25, 0.3) is 0 Å². The van der Waals surface area contributed by atoms with Crippen molar-refractivity contribution in [3.05, 3.63) is 52.7 Å². The van der Waals surface area contributed by atoms with Crippen molar-refractivity contribution in [3.8, 4) is 0 Å². The van der Waals surface area contributed by atoms with Gasteiger partial charge in [0.1, 0.15) is 23.9 Å². The van der Waals surface area contributed by atoms with E-state index < -0.39 is 11.6 Å². The van der Waals surface area contributed by atoms with E-state index in [1.165, 1.54) is 12.1 Å². The molecule has 0 aliphatic rings. The molecule has 0 amide bonds. The summed E-state index contributed by atoms with van der Waals surface area (Å²) < 4.78 is 32.0. The van der Waals surface area contributed by atoms with Crippen LogP contribution >= 0.6 is 24.0 Å². The van der Waals surface area contributed by atoms with Gasteiger partial charge in [-0.25, -0.2) is 18.8 Å². The third-order valence-electron chi connectivity index (χ3n) is 3.49. The molecule has 0 bridgehead atoms. The zero-order chi connectivity index (χ0) is 17.5. The van der Waals surface area contributed by atoms with Crippen molar-refractivity contribution in [1.29, 1.82) is 0 Å². The molecule has 0 fully saturated rings. The average molecular weight is 464 g/mol. The highest BCUT2D eigenvalue weighted by atomic mass is 127. The minimum absolute atomic E-state index is 0. The first kappa shape index (κ1) is 21.3. The summed E-state index contributed by atoms with van der Waals surface area (Å²) in [5.74, 6) is 0.811. The second-order valence-electron chi connectivity index (χ2n) is 5.36. The number of oxazole rings is 1. The van der Waals surface area contributed by atoms with Crippen LogP contribution in [0.25, 0.3) is 0 Å². The first-order valence-electron chi connectivity index (χ1n) is 7.88. The van der Waals surface area contributed by atoms with Gasteiger partial charge in [0.2, 0.25) is 5.89 Å². The quantitative estimate of drug-likeness (QED) is 0.391. The molecule has 1 heterocycles. The van der Waals surface area contributed by atoms with Gasteiger partial charge in [0.05, 0.1) is 5.69 Å². The SMILES string of the molecule is CCNC(=NCc1nc(C)c(C)o1)NCCc1ccc(F)cc1F.I. The molecule has 1 aromatic carbocycles. The predicted octanol–water partition coefficient (Wildman–Crippen LogP) is 3.49. The summed E-state index contributed by atoms with van der Waals surface area (Å²) in [5.41, 5.74) is 1.31. The molecule has 8 heteroatoms. The van der Waals surface area contributed by atoms with E-state index in [1.54, 1.807) is 0 Å². The number of aliphatic imine (C=N–C) groups is 1. The molecule has 0 spiro atoms. The summed E-state index contributed by atoms with van der Waals surface area (Å²) in [6.45, 7) is 7.17. The number of hydrogen-bond acceptors (Lipinski definition) is 3. The first-order valence-corrected chi connectivity index (χ1v) is 7.88. The van der Waals surface area contributed by atoms with Gasteiger partial charge >= 0.3 is 0 Å². The lowest BCUT2D eigenvalue weighted by Crippen LogP contribution is -2.38. The Morgan fingerprint density at radius 2 is 2.00 bits per heavy atom. The topological polar surface area (TPSA) is 62.5 Å². The highest BCUT2D eigenvalue weighted by Crippen LogP contribution is 2.10. The molecular weight excluding hydrogens is 441 g/mol. The monoisotopic (exact) mass is 464 g/mol. The molecular formula is C17H23F2IN4O. The van der Waals surface area contributed by atoms with Crippen LogP contribution < -0.4 is 10.6 Å². The van der Waals surface area contributed by atoms with Gasteiger partial charge in [-0.1, -0.05) is 6.07 Å². The minimum Gasteiger partial charge on any atom is -0.444 e. The number of halogens is 3. The molecule has 1 aromatic heterocycles. The van der Waals surface area contributed by atoms with Gasteiger partial charge in [-0.3, -0.25) is 0 Å². The Morgan fingerprint density at radius 3 is 2.60 bits per heavy atom. The van der Waals surface area contributed by atoms with Gasteiger partial charge in [-0.05, 0) is 38.8 Å². The minimum atomic E-state index is -0.573. The largest absolute Gasteiger partial charge is 0.444 e. The number of aryl methyl sites for hydroxylation is 2. The first-order chi connectivity index (χ1) is 11.5. The maximum atomic E-state index is 13.6. The van der Waals surface area contributed by atoms with Gasteiger partial charge < -0.3 is 15.1 Å². The molecule has 2 N–H and O–H groups in total. The third-order valence-corrected chi connectivity index (χ3v) is 3.49. The lowest BCUT2D eigenvalue weighted by molar-refractivity contribution is 0.473. The van der Waals surface area contributed by atoms with E-state index in [2.05, 4.69) is 20.6 Å². The van der Waals surface area contributed by atoms with Gasteiger partial charge in [0, 0.05) is 19.2 Å². The number of guanidine groups is 1. The van der Waals surface area contributed by atoms with E-state index in [9.17, 15) is 8.78 Å².